The van der Waals surface area contributed by atoms with Crippen LogP contribution in [-0.2, 0) is 30.4 Å². The molecule has 5 N–H and O–H groups in total. The van der Waals surface area contributed by atoms with E-state index in [0.717, 1.165) is 50.9 Å². The molecule has 0 aliphatic heterocycles. The Hall–Kier alpha value is -10.2. The minimum atomic E-state index is -0.957. The number of para-hydroxylation sites is 1. The number of fused-ring (bicyclic) bond motifs is 1. The van der Waals surface area contributed by atoms with Gasteiger partial charge in [-0.1, -0.05) is 184 Å². The largest absolute Gasteiger partial charge is 0.497 e. The van der Waals surface area contributed by atoms with Crippen molar-refractivity contribution in [1.29, 1.82) is 0 Å². The number of rotatable bonds is 18. The number of carbonyl (C=O) groups excluding carboxylic acids is 1. The minimum Gasteiger partial charge on any atom is -0.497 e. The summed E-state index contributed by atoms with van der Waals surface area (Å²) >= 11 is 0. The van der Waals surface area contributed by atoms with Gasteiger partial charge in [-0.15, -0.1) is 0 Å². The van der Waals surface area contributed by atoms with Crippen LogP contribution in [0.5, 0.6) is 17.2 Å². The van der Waals surface area contributed by atoms with Crippen molar-refractivity contribution < 1.29 is 68.2 Å². The molecule has 14 heteroatoms. The summed E-state index contributed by atoms with van der Waals surface area (Å²) in [5.41, 5.74) is 7.17. The Morgan fingerprint density at radius 1 is 0.379 bits per heavy atom. The Kier molecular flexibility index (Phi) is 25.9. The van der Waals surface area contributed by atoms with E-state index in [1.807, 2.05) is 133 Å². The Balaban J connectivity index is 0.000000199. The second-order valence-electron chi connectivity index (χ2n) is 21.0. The first-order valence-corrected chi connectivity index (χ1v) is 28.2. The van der Waals surface area contributed by atoms with Gasteiger partial charge in [-0.2, -0.15) is 0 Å². The zero-order valence-electron chi connectivity index (χ0n) is 49.8. The predicted molar refractivity (Wildman–Crippen MR) is 337 cm³/mol. The maximum Gasteiger partial charge on any atom is 0.310 e. The highest BCUT2D eigenvalue weighted by Gasteiger charge is 2.19. The number of ketones is 1. The summed E-state index contributed by atoms with van der Waals surface area (Å²) in [6.45, 7) is 12.5. The highest BCUT2D eigenvalue weighted by Crippen LogP contribution is 2.29. The molecular weight excluding hydrogens is 1100 g/mol. The second-order valence-corrected chi connectivity index (χ2v) is 21.0. The number of aliphatic carboxylic acids is 5. The fourth-order valence-electron chi connectivity index (χ4n) is 8.60. The van der Waals surface area contributed by atoms with Gasteiger partial charge >= 0.3 is 29.8 Å². The van der Waals surface area contributed by atoms with Gasteiger partial charge in [0.25, 0.3) is 0 Å². The Bertz CT molecular complexity index is 3720. The Labute approximate surface area is 507 Å². The number of carbonyl (C=O) groups is 6. The molecule has 9 rings (SSSR count). The van der Waals surface area contributed by atoms with Crippen LogP contribution in [0.2, 0.25) is 0 Å². The van der Waals surface area contributed by atoms with Crippen LogP contribution in [0.4, 0.5) is 4.39 Å². The topological polar surface area (TPSA) is 222 Å². The number of methoxy groups -OCH3 is 1. The summed E-state index contributed by atoms with van der Waals surface area (Å²) in [5.74, 6) is -4.72. The van der Waals surface area contributed by atoms with Gasteiger partial charge in [0.15, 0.2) is 5.78 Å². The van der Waals surface area contributed by atoms with Crippen molar-refractivity contribution in [2.45, 2.75) is 84.5 Å². The smallest absolute Gasteiger partial charge is 0.310 e. The van der Waals surface area contributed by atoms with Crippen molar-refractivity contribution in [2.24, 2.45) is 5.92 Å². The van der Waals surface area contributed by atoms with Gasteiger partial charge < -0.3 is 35.0 Å². The maximum absolute atomic E-state index is 14.0. The second kappa shape index (κ2) is 33.3. The monoisotopic (exact) mass is 1180 g/mol. The van der Waals surface area contributed by atoms with Crippen molar-refractivity contribution in [3.8, 4) is 28.4 Å². The Morgan fingerprint density at radius 3 is 1.31 bits per heavy atom. The summed E-state index contributed by atoms with van der Waals surface area (Å²) in [5, 5.41) is 46.8. The number of carboxylic acid groups (broad SMARTS) is 5. The lowest BCUT2D eigenvalue weighted by atomic mass is 9.96. The lowest BCUT2D eigenvalue weighted by Gasteiger charge is -2.10. The minimum absolute atomic E-state index is 0.0972. The molecule has 0 saturated heterocycles. The number of hydrogen-bond donors (Lipinski definition) is 5. The van der Waals surface area contributed by atoms with Crippen LogP contribution >= 0.6 is 0 Å². The van der Waals surface area contributed by atoms with E-state index in [1.54, 1.807) is 121 Å². The average molecular weight is 1180 g/mol. The third-order valence-corrected chi connectivity index (χ3v) is 14.1. The summed E-state index contributed by atoms with van der Waals surface area (Å²) in [6.07, 6.45) is 1.04. The van der Waals surface area contributed by atoms with Gasteiger partial charge in [0, 0.05) is 16.7 Å². The van der Waals surface area contributed by atoms with Crippen LogP contribution in [0.1, 0.15) is 127 Å². The molecule has 9 aromatic rings. The number of ether oxygens (including phenoxy) is 2. The number of hydrogen-bond acceptors (Lipinski definition) is 8. The lowest BCUT2D eigenvalue weighted by Crippen LogP contribution is -2.09. The number of halogens is 1. The maximum atomic E-state index is 14.0. The van der Waals surface area contributed by atoms with Gasteiger partial charge in [-0.3, -0.25) is 28.8 Å². The first kappa shape index (κ1) is 67.6. The fourth-order valence-corrected chi connectivity index (χ4v) is 8.60. The van der Waals surface area contributed by atoms with E-state index in [1.165, 1.54) is 11.6 Å². The Morgan fingerprint density at radius 2 is 0.793 bits per heavy atom. The molecule has 0 fully saturated rings. The van der Waals surface area contributed by atoms with Crippen LogP contribution < -0.4 is 9.47 Å². The molecule has 450 valence electrons. The molecule has 0 radical (unpaired) electrons. The number of benzene rings is 9. The van der Waals surface area contributed by atoms with Gasteiger partial charge in [0.1, 0.15) is 23.1 Å². The highest BCUT2D eigenvalue weighted by molar-refractivity contribution is 6.09. The van der Waals surface area contributed by atoms with Crippen LogP contribution in [0, 0.1) is 11.7 Å². The molecule has 0 amide bonds. The third-order valence-electron chi connectivity index (χ3n) is 14.1. The molecule has 9 aromatic carbocycles. The van der Waals surface area contributed by atoms with Crippen molar-refractivity contribution >= 4 is 46.4 Å². The zero-order chi connectivity index (χ0) is 63.7. The molecule has 87 heavy (non-hydrogen) atoms. The molecule has 0 aliphatic carbocycles. The van der Waals surface area contributed by atoms with Crippen molar-refractivity contribution in [1.82, 2.24) is 0 Å². The van der Waals surface area contributed by atoms with Crippen LogP contribution in [-0.4, -0.2) is 68.3 Å². The van der Waals surface area contributed by atoms with E-state index in [-0.39, 0.29) is 5.78 Å². The van der Waals surface area contributed by atoms with E-state index in [0.29, 0.717) is 39.5 Å². The van der Waals surface area contributed by atoms with Crippen molar-refractivity contribution in [3.63, 3.8) is 0 Å². The lowest BCUT2D eigenvalue weighted by molar-refractivity contribution is -0.139. The standard InChI is InChI=1S/C16H14O3.C15H13FO2.C15H14O3.C14H14O3.C13H18O2/c1-11(16(18)19)13-8-5-9-14(10-13)15(17)12-6-3-2-4-7-12;1-10(15(17)18)12-7-8-13(14(16)9-12)11-5-3-2-4-6-11;1-11(15(16)17)12-6-5-9-14(10-12)18-13-7-3-2-4-8-13;1-9(14(15)16)10-3-4-12-8-13(17-2)6-5-11(12)7-10;1-9(2)8-11-4-6-12(7-5-11)10(3)13(14)15/h2-11H,1H3,(H,18,19);2-10H,1H3,(H,17,18);2-11H,1H3,(H,16,17);3-9H,1-2H3,(H,15,16);4-7,9-10H,8H2,1-3H3,(H,14,15). The zero-order valence-corrected chi connectivity index (χ0v) is 49.8. The first-order chi connectivity index (χ1) is 41.5. The third kappa shape index (κ3) is 20.8. The molecule has 0 aliphatic rings. The van der Waals surface area contributed by atoms with Gasteiger partial charge in [0.2, 0.25) is 0 Å². The number of carboxylic acids is 5. The van der Waals surface area contributed by atoms with Crippen LogP contribution in [0.15, 0.2) is 218 Å². The highest BCUT2D eigenvalue weighted by atomic mass is 19.1. The molecule has 0 bridgehead atoms. The van der Waals surface area contributed by atoms with Crippen LogP contribution in [0.3, 0.4) is 0 Å². The molecule has 0 saturated carbocycles. The van der Waals surface area contributed by atoms with Gasteiger partial charge in [-0.25, -0.2) is 4.39 Å². The van der Waals surface area contributed by atoms with E-state index in [4.69, 9.17) is 35.0 Å². The SMILES string of the molecule is CC(C(=O)O)c1ccc(-c2ccccc2)c(F)c1.CC(C(=O)O)c1cccc(C(=O)c2ccccc2)c1.CC(C(=O)O)c1cccc(Oc2ccccc2)c1.CC(C)Cc1ccc(C(C)C(=O)O)cc1.COc1ccc2cc(C(C)C(=O)O)ccc2c1. The average Bonchev–Trinajstić information content (AvgIpc) is 3.50. The normalized spacial score (nSPS) is 12.2. The van der Waals surface area contributed by atoms with Gasteiger partial charge in [0.05, 0.1) is 36.7 Å². The summed E-state index contributed by atoms with van der Waals surface area (Å²) < 4.78 is 24.8. The predicted octanol–water partition coefficient (Wildman–Crippen LogP) is 16.6. The first-order valence-electron chi connectivity index (χ1n) is 28.2. The van der Waals surface area contributed by atoms with E-state index >= 15 is 0 Å². The molecule has 5 unspecified atom stereocenters. The van der Waals surface area contributed by atoms with E-state index < -0.39 is 65.3 Å². The van der Waals surface area contributed by atoms with Crippen molar-refractivity contribution in [3.05, 3.63) is 269 Å². The molecule has 0 spiro atoms. The summed E-state index contributed by atoms with van der Waals surface area (Å²) in [7, 11) is 1.63. The summed E-state index contributed by atoms with van der Waals surface area (Å²) in [6, 6.07) is 65.3. The van der Waals surface area contributed by atoms with E-state index in [9.17, 15) is 33.2 Å². The fraction of sp³-hybridized carbons (Fsp3) is 0.205. The molecular formula is C73H73FO13. The molecule has 5 atom stereocenters. The van der Waals surface area contributed by atoms with E-state index in [2.05, 4.69) is 13.8 Å². The quantitative estimate of drug-likeness (QED) is 0.0505. The van der Waals surface area contributed by atoms with Crippen molar-refractivity contribution in [2.75, 3.05) is 7.11 Å². The van der Waals surface area contributed by atoms with Crippen LogP contribution in [0.25, 0.3) is 21.9 Å². The molecule has 0 heterocycles. The summed E-state index contributed by atoms with van der Waals surface area (Å²) in [4.78, 5) is 66.7. The molecule has 0 aromatic heterocycles. The van der Waals surface area contributed by atoms with Gasteiger partial charge in [-0.05, 0) is 145 Å². The molecule has 13 nitrogen and oxygen atoms in total.